The molecule has 0 saturated heterocycles. The third-order valence-electron chi connectivity index (χ3n) is 2.17. The lowest BCUT2D eigenvalue weighted by Gasteiger charge is -2.10. The zero-order valence-corrected chi connectivity index (χ0v) is 10.6. The van der Waals surface area contributed by atoms with Crippen LogP contribution in [0.25, 0.3) is 0 Å². The van der Waals surface area contributed by atoms with Crippen molar-refractivity contribution in [3.05, 3.63) is 29.3 Å². The first-order chi connectivity index (χ1) is 9.14. The second kappa shape index (κ2) is 6.07. The van der Waals surface area contributed by atoms with E-state index in [0.717, 1.165) is 0 Å². The van der Waals surface area contributed by atoms with Crippen molar-refractivity contribution in [1.82, 2.24) is 0 Å². The number of hydrogen-bond acceptors (Lipinski definition) is 3. The maximum atomic E-state index is 13.2. The van der Waals surface area contributed by atoms with E-state index in [1.54, 1.807) is 0 Å². The van der Waals surface area contributed by atoms with Gasteiger partial charge in [0.15, 0.2) is 23.3 Å². The van der Waals surface area contributed by atoms with E-state index in [-0.39, 0.29) is 12.5 Å². The van der Waals surface area contributed by atoms with E-state index in [0.29, 0.717) is 0 Å². The molecule has 1 rings (SSSR count). The fourth-order valence-corrected chi connectivity index (χ4v) is 2.40. The van der Waals surface area contributed by atoms with E-state index < -0.39 is 57.1 Å². The number of halogens is 4. The molecule has 20 heavy (non-hydrogen) atoms. The van der Waals surface area contributed by atoms with Gasteiger partial charge in [-0.2, -0.15) is 0 Å². The van der Waals surface area contributed by atoms with Gasteiger partial charge in [0.2, 0.25) is 10.0 Å². The second-order valence-electron chi connectivity index (χ2n) is 3.76. The normalized spacial score (nSPS) is 11.4. The van der Waals surface area contributed by atoms with Gasteiger partial charge in [-0.15, -0.1) is 0 Å². The van der Waals surface area contributed by atoms with E-state index in [1.807, 2.05) is 0 Å². The van der Waals surface area contributed by atoms with E-state index in [9.17, 15) is 30.8 Å². The van der Waals surface area contributed by atoms with Crippen molar-refractivity contribution in [2.45, 2.75) is 12.8 Å². The van der Waals surface area contributed by atoms with Gasteiger partial charge in [-0.25, -0.2) is 26.0 Å². The predicted molar refractivity (Wildman–Crippen MR) is 60.6 cm³/mol. The van der Waals surface area contributed by atoms with E-state index in [4.69, 9.17) is 5.11 Å². The van der Waals surface area contributed by atoms with Gasteiger partial charge in [0.25, 0.3) is 0 Å². The third kappa shape index (κ3) is 4.08. The first-order valence-electron chi connectivity index (χ1n) is 5.19. The highest BCUT2D eigenvalue weighted by atomic mass is 32.2. The van der Waals surface area contributed by atoms with Crippen molar-refractivity contribution in [3.8, 4) is 0 Å². The summed E-state index contributed by atoms with van der Waals surface area (Å²) in [6.07, 6.45) is -0.810. The molecular weight excluding hydrogens is 306 g/mol. The van der Waals surface area contributed by atoms with Gasteiger partial charge in [0.05, 0.1) is 5.75 Å². The summed E-state index contributed by atoms with van der Waals surface area (Å²) in [7, 11) is -4.34. The number of carbonyl (C=O) groups is 1. The van der Waals surface area contributed by atoms with Gasteiger partial charge in [-0.05, 0) is 6.42 Å². The summed E-state index contributed by atoms with van der Waals surface area (Å²) in [6.45, 7) is 0. The van der Waals surface area contributed by atoms with Crippen LogP contribution in [0.1, 0.15) is 12.8 Å². The Hall–Kier alpha value is -1.84. The topological polar surface area (TPSA) is 83.5 Å². The molecular formula is C10H9F4NO4S. The Balaban J connectivity index is 2.95. The molecule has 112 valence electrons. The maximum Gasteiger partial charge on any atom is 0.303 e. The minimum Gasteiger partial charge on any atom is -0.481 e. The lowest BCUT2D eigenvalue weighted by atomic mass is 10.3. The van der Waals surface area contributed by atoms with E-state index >= 15 is 0 Å². The average Bonchev–Trinajstić information content (AvgIpc) is 2.31. The number of carboxylic acids is 1. The number of anilines is 1. The van der Waals surface area contributed by atoms with Gasteiger partial charge in [-0.1, -0.05) is 0 Å². The summed E-state index contributed by atoms with van der Waals surface area (Å²) in [4.78, 5) is 10.2. The molecule has 0 spiro atoms. The Morgan fingerprint density at radius 1 is 1.15 bits per heavy atom. The van der Waals surface area contributed by atoms with Crippen molar-refractivity contribution in [1.29, 1.82) is 0 Å². The van der Waals surface area contributed by atoms with Crippen molar-refractivity contribution in [2.75, 3.05) is 10.5 Å². The third-order valence-corrected chi connectivity index (χ3v) is 3.51. The molecule has 0 amide bonds. The van der Waals surface area contributed by atoms with Crippen molar-refractivity contribution in [2.24, 2.45) is 0 Å². The minimum absolute atomic E-state index is 0.0626. The molecule has 0 aromatic heterocycles. The first-order valence-corrected chi connectivity index (χ1v) is 6.84. The largest absolute Gasteiger partial charge is 0.481 e. The molecule has 0 heterocycles. The van der Waals surface area contributed by atoms with Crippen LogP contribution in [0.5, 0.6) is 0 Å². The van der Waals surface area contributed by atoms with Crippen LogP contribution in [0.3, 0.4) is 0 Å². The first kappa shape index (κ1) is 16.2. The van der Waals surface area contributed by atoms with Crippen LogP contribution in [0.4, 0.5) is 23.2 Å². The summed E-state index contributed by atoms with van der Waals surface area (Å²) in [5.41, 5.74) is -1.47. The van der Waals surface area contributed by atoms with Crippen LogP contribution < -0.4 is 4.72 Å². The Labute approximate surface area is 111 Å². The Morgan fingerprint density at radius 3 is 2.10 bits per heavy atom. The molecule has 0 aliphatic carbocycles. The van der Waals surface area contributed by atoms with Crippen LogP contribution in [0.2, 0.25) is 0 Å². The molecule has 10 heteroatoms. The summed E-state index contributed by atoms with van der Waals surface area (Å²) < 4.78 is 76.4. The molecule has 0 fully saturated rings. The Bertz CT molecular complexity index is 606. The number of rotatable bonds is 6. The highest BCUT2D eigenvalue weighted by Crippen LogP contribution is 2.25. The quantitative estimate of drug-likeness (QED) is 0.620. The number of hydrogen-bond donors (Lipinski definition) is 2. The summed E-state index contributed by atoms with van der Waals surface area (Å²) in [6, 6.07) is -0.0626. The standard InChI is InChI=1S/C10H9F4NO4S/c11-5-4-6(12)9(14)10(8(5)13)15-20(18,19)3-1-2-7(16)17/h4,15H,1-3H2,(H,16,17). The molecule has 0 unspecified atom stereocenters. The molecule has 1 aromatic carbocycles. The molecule has 1 aromatic rings. The van der Waals surface area contributed by atoms with Crippen LogP contribution >= 0.6 is 0 Å². The number of nitrogens with one attached hydrogen (secondary N) is 1. The maximum absolute atomic E-state index is 13.2. The van der Waals surface area contributed by atoms with Crippen LogP contribution in [0.15, 0.2) is 6.07 Å². The minimum atomic E-state index is -4.34. The lowest BCUT2D eigenvalue weighted by molar-refractivity contribution is -0.137. The summed E-state index contributed by atoms with van der Waals surface area (Å²) in [5, 5.41) is 8.33. The SMILES string of the molecule is O=C(O)CCCS(=O)(=O)Nc1c(F)c(F)cc(F)c1F. The van der Waals surface area contributed by atoms with E-state index in [2.05, 4.69) is 0 Å². The summed E-state index contributed by atoms with van der Waals surface area (Å²) >= 11 is 0. The fourth-order valence-electron chi connectivity index (χ4n) is 1.28. The molecule has 0 bridgehead atoms. The number of benzene rings is 1. The molecule has 0 aliphatic rings. The smallest absolute Gasteiger partial charge is 0.303 e. The second-order valence-corrected chi connectivity index (χ2v) is 5.60. The number of sulfonamides is 1. The Kier molecular flexibility index (Phi) is 4.93. The average molecular weight is 315 g/mol. The molecule has 5 nitrogen and oxygen atoms in total. The number of aliphatic carboxylic acids is 1. The van der Waals surface area contributed by atoms with Gasteiger partial charge < -0.3 is 5.11 Å². The zero-order chi connectivity index (χ0) is 15.5. The number of carboxylic acid groups (broad SMARTS) is 1. The zero-order valence-electron chi connectivity index (χ0n) is 9.79. The summed E-state index contributed by atoms with van der Waals surface area (Å²) in [5.74, 6) is -9.30. The highest BCUT2D eigenvalue weighted by Gasteiger charge is 2.23. The van der Waals surface area contributed by atoms with E-state index in [1.165, 1.54) is 4.72 Å². The van der Waals surface area contributed by atoms with Crippen molar-refractivity contribution < 1.29 is 35.9 Å². The molecule has 2 N–H and O–H groups in total. The van der Waals surface area contributed by atoms with Crippen molar-refractivity contribution >= 4 is 21.7 Å². The van der Waals surface area contributed by atoms with Crippen LogP contribution in [0, 0.1) is 23.3 Å². The van der Waals surface area contributed by atoms with Gasteiger partial charge in [-0.3, -0.25) is 9.52 Å². The highest BCUT2D eigenvalue weighted by molar-refractivity contribution is 7.92. The van der Waals surface area contributed by atoms with Crippen LogP contribution in [-0.2, 0) is 14.8 Å². The molecule has 0 radical (unpaired) electrons. The monoisotopic (exact) mass is 315 g/mol. The fraction of sp³-hybridized carbons (Fsp3) is 0.300. The molecule has 0 atom stereocenters. The van der Waals surface area contributed by atoms with Crippen LogP contribution in [-0.4, -0.2) is 25.2 Å². The predicted octanol–water partition coefficient (Wildman–Crippen LogP) is 1.85. The molecule has 0 aliphatic heterocycles. The van der Waals surface area contributed by atoms with Gasteiger partial charge in [0, 0.05) is 12.5 Å². The van der Waals surface area contributed by atoms with Gasteiger partial charge >= 0.3 is 5.97 Å². The van der Waals surface area contributed by atoms with Crippen molar-refractivity contribution in [3.63, 3.8) is 0 Å². The lowest BCUT2D eigenvalue weighted by Crippen LogP contribution is -2.20. The van der Waals surface area contributed by atoms with Gasteiger partial charge in [0.1, 0.15) is 5.69 Å². The molecule has 0 saturated carbocycles. The Morgan fingerprint density at radius 2 is 1.65 bits per heavy atom.